The summed E-state index contributed by atoms with van der Waals surface area (Å²) in [5.41, 5.74) is 4.28. The van der Waals surface area contributed by atoms with E-state index in [2.05, 4.69) is 21.6 Å². The van der Waals surface area contributed by atoms with Gasteiger partial charge in [-0.2, -0.15) is 0 Å². The number of carbonyl (C=O) groups excluding carboxylic acids is 3. The molecule has 232 valence electrons. The largest absolute Gasteiger partial charge is 0.497 e. The number of nitrogens with one attached hydrogen (secondary N) is 2. The van der Waals surface area contributed by atoms with Crippen LogP contribution in [0.1, 0.15) is 46.5 Å². The van der Waals surface area contributed by atoms with Crippen molar-refractivity contribution in [2.24, 2.45) is 17.1 Å². The Morgan fingerprint density at radius 2 is 1.95 bits per heavy atom. The molecule has 13 heteroatoms. The van der Waals surface area contributed by atoms with Crippen molar-refractivity contribution in [3.05, 3.63) is 43.1 Å². The molecule has 3 amide bonds. The molecule has 4 N–H and O–H groups in total. The van der Waals surface area contributed by atoms with Crippen molar-refractivity contribution in [2.45, 2.75) is 75.4 Å². The summed E-state index contributed by atoms with van der Waals surface area (Å²) in [5, 5.41) is 3.75. The molecule has 1 aromatic carbocycles. The van der Waals surface area contributed by atoms with Crippen molar-refractivity contribution in [1.82, 2.24) is 19.9 Å². The lowest BCUT2D eigenvalue weighted by Gasteiger charge is -2.33. The van der Waals surface area contributed by atoms with E-state index in [4.69, 9.17) is 15.2 Å². The van der Waals surface area contributed by atoms with Gasteiger partial charge >= 0.3 is 0 Å². The molecule has 2 saturated carbocycles. The number of nitrogens with zero attached hydrogens (tertiary/aromatic N) is 2. The molecule has 0 spiro atoms. The van der Waals surface area contributed by atoms with Gasteiger partial charge in [0.2, 0.25) is 27.7 Å². The third kappa shape index (κ3) is 6.05. The molecule has 1 aliphatic heterocycles. The zero-order valence-electron chi connectivity index (χ0n) is 24.8. The quantitative estimate of drug-likeness (QED) is 0.337. The molecule has 0 bridgehead atoms. The molecule has 43 heavy (non-hydrogen) atoms. The predicted octanol–water partition coefficient (Wildman–Crippen LogP) is 1.63. The van der Waals surface area contributed by atoms with Crippen molar-refractivity contribution >= 4 is 38.5 Å². The van der Waals surface area contributed by atoms with E-state index in [-0.39, 0.29) is 19.4 Å². The number of hydrogen-bond donors (Lipinski definition) is 3. The van der Waals surface area contributed by atoms with Crippen molar-refractivity contribution in [2.75, 3.05) is 13.7 Å². The lowest BCUT2D eigenvalue weighted by molar-refractivity contribution is -0.142. The summed E-state index contributed by atoms with van der Waals surface area (Å²) in [6, 6.07) is 5.37. The van der Waals surface area contributed by atoms with Gasteiger partial charge in [-0.3, -0.25) is 19.1 Å². The Kier molecular flexibility index (Phi) is 7.93. The first-order chi connectivity index (χ1) is 20.2. The summed E-state index contributed by atoms with van der Waals surface area (Å²) in [7, 11) is -2.26. The first-order valence-corrected chi connectivity index (χ1v) is 15.9. The van der Waals surface area contributed by atoms with Crippen LogP contribution < -0.4 is 25.2 Å². The first-order valence-electron chi connectivity index (χ1n) is 14.4. The van der Waals surface area contributed by atoms with Crippen molar-refractivity contribution in [1.29, 1.82) is 0 Å². The van der Waals surface area contributed by atoms with Gasteiger partial charge in [0, 0.05) is 23.9 Å². The number of hydrogen-bond acceptors (Lipinski definition) is 9. The number of fused-ring (bicyclic) bond motifs is 1. The van der Waals surface area contributed by atoms with E-state index < -0.39 is 68.1 Å². The van der Waals surface area contributed by atoms with Gasteiger partial charge < -0.3 is 25.4 Å². The van der Waals surface area contributed by atoms with E-state index >= 15 is 0 Å². The summed E-state index contributed by atoms with van der Waals surface area (Å²) in [6.45, 7) is 9.31. The highest BCUT2D eigenvalue weighted by molar-refractivity contribution is 7.91. The van der Waals surface area contributed by atoms with Gasteiger partial charge in [0.1, 0.15) is 23.4 Å². The summed E-state index contributed by atoms with van der Waals surface area (Å²) < 4.78 is 38.8. The lowest BCUT2D eigenvalue weighted by Crippen LogP contribution is -2.59. The molecule has 2 aromatic rings. The number of carbonyl (C=O) groups is 3. The zero-order chi connectivity index (χ0) is 31.3. The van der Waals surface area contributed by atoms with Gasteiger partial charge in [0.25, 0.3) is 5.91 Å². The van der Waals surface area contributed by atoms with Crippen molar-refractivity contribution < 1.29 is 32.3 Å². The fourth-order valence-electron chi connectivity index (χ4n) is 5.45. The minimum atomic E-state index is -3.83. The number of likely N-dealkylation sites (tertiary alicyclic amines) is 1. The summed E-state index contributed by atoms with van der Waals surface area (Å²) >= 11 is 0. The Morgan fingerprint density at radius 3 is 2.56 bits per heavy atom. The van der Waals surface area contributed by atoms with Gasteiger partial charge in [-0.1, -0.05) is 26.8 Å². The molecular formula is C30H39N5O7S. The maximum absolute atomic E-state index is 13.9. The molecule has 2 heterocycles. The highest BCUT2D eigenvalue weighted by Crippen LogP contribution is 2.45. The number of pyridine rings is 1. The second kappa shape index (κ2) is 11.1. The molecule has 1 saturated heterocycles. The summed E-state index contributed by atoms with van der Waals surface area (Å²) in [6.07, 6.45) is 3.79. The average molecular weight is 614 g/mol. The number of amides is 3. The average Bonchev–Trinajstić information content (AvgIpc) is 3.88. The maximum atomic E-state index is 13.9. The molecular weight excluding hydrogens is 574 g/mol. The second-order valence-corrected chi connectivity index (χ2v) is 14.7. The van der Waals surface area contributed by atoms with Crippen LogP contribution in [0.2, 0.25) is 0 Å². The Labute approximate surface area is 251 Å². The number of sulfonamides is 1. The number of rotatable bonds is 10. The molecule has 2 aliphatic carbocycles. The maximum Gasteiger partial charge on any atom is 0.259 e. The zero-order valence-corrected chi connectivity index (χ0v) is 25.6. The first kappa shape index (κ1) is 30.7. The summed E-state index contributed by atoms with van der Waals surface area (Å²) in [5.74, 6) is -1.27. The van der Waals surface area contributed by atoms with Gasteiger partial charge in [0.05, 0.1) is 24.9 Å². The van der Waals surface area contributed by atoms with Crippen LogP contribution in [0.3, 0.4) is 0 Å². The SMILES string of the molecule is C=C[C@@H]1CC1(NC(=O)[C@@H]1C[C@@H](Oc2nccc3cc(OC)ccc23)CN1C(=O)[C@@H](N)C(C)(C)C)C(=O)NS(=O)(=O)C1CC1. The van der Waals surface area contributed by atoms with Crippen LogP contribution in [0.5, 0.6) is 11.6 Å². The van der Waals surface area contributed by atoms with E-state index in [0.29, 0.717) is 24.5 Å². The van der Waals surface area contributed by atoms with Crippen LogP contribution in [0, 0.1) is 11.3 Å². The van der Waals surface area contributed by atoms with E-state index in [9.17, 15) is 22.8 Å². The topological polar surface area (TPSA) is 170 Å². The van der Waals surface area contributed by atoms with Crippen LogP contribution in [0.25, 0.3) is 10.8 Å². The number of nitrogens with two attached hydrogens (primary N) is 1. The molecule has 5 rings (SSSR count). The molecule has 1 aromatic heterocycles. The third-order valence-corrected chi connectivity index (χ3v) is 10.3. The van der Waals surface area contributed by atoms with Gasteiger partial charge in [0.15, 0.2) is 0 Å². The third-order valence-electron chi connectivity index (χ3n) is 8.51. The van der Waals surface area contributed by atoms with E-state index in [1.54, 1.807) is 19.4 Å². The summed E-state index contributed by atoms with van der Waals surface area (Å²) in [4.78, 5) is 46.5. The molecule has 0 radical (unpaired) electrons. The van der Waals surface area contributed by atoms with Gasteiger partial charge in [-0.15, -0.1) is 6.58 Å². The van der Waals surface area contributed by atoms with Crippen molar-refractivity contribution in [3.8, 4) is 11.6 Å². The van der Waals surface area contributed by atoms with E-state index in [1.807, 2.05) is 39.0 Å². The fourth-order valence-corrected chi connectivity index (χ4v) is 6.81. The molecule has 1 unspecified atom stereocenters. The molecule has 3 fully saturated rings. The molecule has 12 nitrogen and oxygen atoms in total. The number of benzene rings is 1. The van der Waals surface area contributed by atoms with Crippen LogP contribution in [-0.4, -0.2) is 78.7 Å². The molecule has 5 atom stereocenters. The normalized spacial score (nSPS) is 26.0. The standard InChI is InChI=1S/C30H39N5O7S/c1-6-18-15-30(18,28(38)34-43(39,40)21-8-9-21)33-25(36)23-14-20(16-35(23)27(37)24(31)29(2,3)4)42-26-22-10-7-19(41-5)13-17(22)11-12-32-26/h6-7,10-13,18,20-21,23-24H,1,8-9,14-16,31H2,2-5H3,(H,33,36)(H,34,38)/t18-,20-,23+,24-,30?/m1/s1. The monoisotopic (exact) mass is 613 g/mol. The minimum Gasteiger partial charge on any atom is -0.497 e. The molecule has 3 aliphatic rings. The van der Waals surface area contributed by atoms with Crippen LogP contribution >= 0.6 is 0 Å². The van der Waals surface area contributed by atoms with E-state index in [1.165, 1.54) is 11.0 Å². The smallest absolute Gasteiger partial charge is 0.259 e. The number of aromatic nitrogens is 1. The fraction of sp³-hybridized carbons (Fsp3) is 0.533. The Hall–Kier alpha value is -3.71. The van der Waals surface area contributed by atoms with E-state index in [0.717, 1.165) is 10.8 Å². The predicted molar refractivity (Wildman–Crippen MR) is 160 cm³/mol. The van der Waals surface area contributed by atoms with Crippen LogP contribution in [-0.2, 0) is 24.4 Å². The number of ether oxygens (including phenoxy) is 2. The van der Waals surface area contributed by atoms with Gasteiger partial charge in [-0.05, 0) is 54.3 Å². The Morgan fingerprint density at radius 1 is 1.23 bits per heavy atom. The van der Waals surface area contributed by atoms with Crippen LogP contribution in [0.15, 0.2) is 43.1 Å². The lowest BCUT2D eigenvalue weighted by atomic mass is 9.86. The number of methoxy groups -OCH3 is 1. The van der Waals surface area contributed by atoms with Crippen LogP contribution in [0.4, 0.5) is 0 Å². The Bertz CT molecular complexity index is 1570. The van der Waals surface area contributed by atoms with Gasteiger partial charge in [-0.25, -0.2) is 13.4 Å². The minimum absolute atomic E-state index is 0.0645. The highest BCUT2D eigenvalue weighted by Gasteiger charge is 2.62. The Balaban J connectivity index is 1.39. The second-order valence-electron chi connectivity index (χ2n) is 12.7. The highest BCUT2D eigenvalue weighted by atomic mass is 32.2. The van der Waals surface area contributed by atoms with Crippen molar-refractivity contribution in [3.63, 3.8) is 0 Å².